The average molecular weight is 606 g/mol. The quantitative estimate of drug-likeness (QED) is 0.286. The number of ether oxygens (including phenoxy) is 2. The minimum absolute atomic E-state index is 0.163. The zero-order valence-electron chi connectivity index (χ0n) is 25.3. The van der Waals surface area contributed by atoms with Crippen molar-refractivity contribution >= 4 is 39.5 Å². The summed E-state index contributed by atoms with van der Waals surface area (Å²) in [5.41, 5.74) is 1.89. The van der Waals surface area contributed by atoms with E-state index in [1.807, 2.05) is 25.7 Å². The number of piperidine rings is 1. The fraction of sp³-hybridized carbons (Fsp3) is 0.452. The van der Waals surface area contributed by atoms with Gasteiger partial charge >= 0.3 is 6.09 Å². The van der Waals surface area contributed by atoms with Crippen molar-refractivity contribution in [3.63, 3.8) is 0 Å². The van der Waals surface area contributed by atoms with Gasteiger partial charge in [0.1, 0.15) is 17.1 Å². The number of carbonyl (C=O) groups excluding carboxylic acids is 2. The smallest absolute Gasteiger partial charge is 0.410 e. The Morgan fingerprint density at radius 2 is 1.93 bits per heavy atom. The SMILES string of the molecule is CC1CCCN(C(=O)OC(C)(C)C)C1.CN1CCc2sc(NC(=O)c3ccc(Oc4ccnc5[nH]ncc45)cc3)nc2C1. The molecule has 0 saturated carbocycles. The number of nitrogens with one attached hydrogen (secondary N) is 2. The highest BCUT2D eigenvalue weighted by Gasteiger charge is 2.25. The third-order valence-electron chi connectivity index (χ3n) is 7.11. The molecule has 1 unspecified atom stereocenters. The van der Waals surface area contributed by atoms with E-state index in [1.165, 1.54) is 11.3 Å². The number of nitrogens with zero attached hydrogens (tertiary/aromatic N) is 5. The van der Waals surface area contributed by atoms with Crippen LogP contribution in [-0.4, -0.2) is 74.2 Å². The van der Waals surface area contributed by atoms with Gasteiger partial charge in [0.05, 0.1) is 17.3 Å². The Hall–Kier alpha value is -4.03. The second-order valence-corrected chi connectivity index (χ2v) is 13.2. The zero-order chi connectivity index (χ0) is 30.6. The summed E-state index contributed by atoms with van der Waals surface area (Å²) in [6, 6.07) is 8.78. The molecule has 2 aliphatic heterocycles. The molecular weight excluding hydrogens is 566 g/mol. The van der Waals surface area contributed by atoms with Gasteiger partial charge in [-0.3, -0.25) is 15.2 Å². The first-order chi connectivity index (χ1) is 20.5. The molecule has 0 radical (unpaired) electrons. The summed E-state index contributed by atoms with van der Waals surface area (Å²) >= 11 is 1.56. The van der Waals surface area contributed by atoms with Gasteiger partial charge in [-0.2, -0.15) is 5.10 Å². The van der Waals surface area contributed by atoms with E-state index in [1.54, 1.807) is 54.1 Å². The zero-order valence-corrected chi connectivity index (χ0v) is 26.2. The van der Waals surface area contributed by atoms with Crippen molar-refractivity contribution in [1.29, 1.82) is 0 Å². The van der Waals surface area contributed by atoms with Crippen LogP contribution in [0.1, 0.15) is 61.5 Å². The molecule has 4 aromatic rings. The van der Waals surface area contributed by atoms with Gasteiger partial charge in [0.2, 0.25) is 0 Å². The number of fused-ring (bicyclic) bond motifs is 2. The van der Waals surface area contributed by atoms with Crippen molar-refractivity contribution in [3.05, 3.63) is 58.9 Å². The van der Waals surface area contributed by atoms with E-state index in [0.29, 0.717) is 33.8 Å². The number of likely N-dealkylation sites (N-methyl/N-ethyl adjacent to an activating group) is 1. The predicted octanol–water partition coefficient (Wildman–Crippen LogP) is 6.10. The van der Waals surface area contributed by atoms with Gasteiger partial charge in [-0.1, -0.05) is 6.92 Å². The van der Waals surface area contributed by atoms with Crippen molar-refractivity contribution in [2.75, 3.05) is 32.0 Å². The number of pyridine rings is 1. The summed E-state index contributed by atoms with van der Waals surface area (Å²) in [5.74, 6) is 1.70. The monoisotopic (exact) mass is 605 g/mol. The molecule has 228 valence electrons. The van der Waals surface area contributed by atoms with Gasteiger partial charge in [-0.25, -0.2) is 14.8 Å². The van der Waals surface area contributed by atoms with Crippen LogP contribution in [0.5, 0.6) is 11.5 Å². The number of anilines is 1. The number of benzene rings is 1. The van der Waals surface area contributed by atoms with E-state index in [-0.39, 0.29) is 17.6 Å². The molecule has 0 spiro atoms. The average Bonchev–Trinajstić information content (AvgIpc) is 3.60. The van der Waals surface area contributed by atoms with Crippen molar-refractivity contribution in [2.24, 2.45) is 5.92 Å². The third-order valence-corrected chi connectivity index (χ3v) is 8.18. The van der Waals surface area contributed by atoms with Gasteiger partial charge < -0.3 is 19.3 Å². The number of thiazole rings is 1. The first kappa shape index (κ1) is 30.4. The number of hydrogen-bond acceptors (Lipinski definition) is 9. The molecule has 6 rings (SSSR count). The molecule has 1 aromatic carbocycles. The van der Waals surface area contributed by atoms with Crippen LogP contribution in [0.4, 0.5) is 9.93 Å². The molecule has 1 saturated heterocycles. The first-order valence-corrected chi connectivity index (χ1v) is 15.4. The molecule has 1 atom stereocenters. The van der Waals surface area contributed by atoms with Crippen LogP contribution in [0.15, 0.2) is 42.7 Å². The number of H-pyrrole nitrogens is 1. The maximum absolute atomic E-state index is 12.6. The molecular formula is C31H39N7O4S. The van der Waals surface area contributed by atoms with Crippen LogP contribution in [0.3, 0.4) is 0 Å². The van der Waals surface area contributed by atoms with Gasteiger partial charge in [-0.05, 0) is 83.3 Å². The standard InChI is InChI=1S/C20H18N6O2S.C11H21NO2/c1-26-9-7-17-15(11-26)23-20(29-17)24-19(27)12-2-4-13(5-3-12)28-16-6-8-21-18-14(16)10-22-25-18;1-9-6-5-7-12(8-9)10(13)14-11(2,3)4/h2-6,8,10H,7,9,11H2,1H3,(H,21,22,25)(H,23,24,27);9H,5-8H2,1-4H3. The Morgan fingerprint density at radius 1 is 1.14 bits per heavy atom. The fourth-order valence-corrected chi connectivity index (χ4v) is 5.91. The predicted molar refractivity (Wildman–Crippen MR) is 167 cm³/mol. The number of carbonyl (C=O) groups is 2. The highest BCUT2D eigenvalue weighted by atomic mass is 32.1. The fourth-order valence-electron chi connectivity index (χ4n) is 4.95. The normalized spacial score (nSPS) is 17.0. The number of aromatic nitrogens is 4. The number of rotatable bonds is 4. The Morgan fingerprint density at radius 3 is 2.67 bits per heavy atom. The number of amides is 2. The minimum atomic E-state index is -0.377. The second kappa shape index (κ2) is 13.1. The van der Waals surface area contributed by atoms with Gasteiger partial charge in [0, 0.05) is 42.8 Å². The Balaban J connectivity index is 0.000000222. The number of hydrogen-bond donors (Lipinski definition) is 2. The summed E-state index contributed by atoms with van der Waals surface area (Å²) in [7, 11) is 2.08. The van der Waals surface area contributed by atoms with Gasteiger partial charge in [-0.15, -0.1) is 11.3 Å². The molecule has 43 heavy (non-hydrogen) atoms. The van der Waals surface area contributed by atoms with Gasteiger partial charge in [0.25, 0.3) is 5.91 Å². The van der Waals surface area contributed by atoms with E-state index in [2.05, 4.69) is 44.4 Å². The molecule has 2 amide bonds. The lowest BCUT2D eigenvalue weighted by atomic mass is 10.0. The topological polar surface area (TPSA) is 126 Å². The Labute approximate surface area is 255 Å². The van der Waals surface area contributed by atoms with Crippen molar-refractivity contribution in [1.82, 2.24) is 30.0 Å². The molecule has 0 aliphatic carbocycles. The summed E-state index contributed by atoms with van der Waals surface area (Å²) in [6.07, 6.45) is 6.46. The summed E-state index contributed by atoms with van der Waals surface area (Å²) < 4.78 is 11.2. The van der Waals surface area contributed by atoms with Crippen molar-refractivity contribution in [3.8, 4) is 11.5 Å². The second-order valence-electron chi connectivity index (χ2n) is 12.1. The third kappa shape index (κ3) is 8.08. The van der Waals surface area contributed by atoms with Crippen LogP contribution in [0.2, 0.25) is 0 Å². The van der Waals surface area contributed by atoms with Crippen LogP contribution in [0, 0.1) is 5.92 Å². The van der Waals surface area contributed by atoms with Crippen molar-refractivity contribution < 1.29 is 19.1 Å². The van der Waals surface area contributed by atoms with E-state index in [9.17, 15) is 9.59 Å². The van der Waals surface area contributed by atoms with Crippen LogP contribution >= 0.6 is 11.3 Å². The maximum Gasteiger partial charge on any atom is 0.410 e. The molecule has 3 aromatic heterocycles. The lowest BCUT2D eigenvalue weighted by Crippen LogP contribution is -2.42. The van der Waals surface area contributed by atoms with Crippen molar-refractivity contribution in [2.45, 2.75) is 59.1 Å². The van der Waals surface area contributed by atoms with E-state index in [0.717, 1.165) is 50.1 Å². The molecule has 2 N–H and O–H groups in total. The van der Waals surface area contributed by atoms with Crippen LogP contribution in [0.25, 0.3) is 11.0 Å². The first-order valence-electron chi connectivity index (χ1n) is 14.6. The number of likely N-dealkylation sites (tertiary alicyclic amines) is 1. The maximum atomic E-state index is 12.6. The highest BCUT2D eigenvalue weighted by Crippen LogP contribution is 2.29. The molecule has 12 heteroatoms. The molecule has 1 fully saturated rings. The van der Waals surface area contributed by atoms with Gasteiger partial charge in [0.15, 0.2) is 10.8 Å². The molecule has 5 heterocycles. The Kier molecular flexibility index (Phi) is 9.26. The Bertz CT molecular complexity index is 1560. The van der Waals surface area contributed by atoms with E-state index in [4.69, 9.17) is 9.47 Å². The minimum Gasteiger partial charge on any atom is -0.456 e. The molecule has 0 bridgehead atoms. The van der Waals surface area contributed by atoms with Crippen LogP contribution < -0.4 is 10.1 Å². The lowest BCUT2D eigenvalue weighted by molar-refractivity contribution is 0.0174. The summed E-state index contributed by atoms with van der Waals surface area (Å²) in [5, 5.41) is 11.1. The van der Waals surface area contributed by atoms with Crippen LogP contribution in [-0.2, 0) is 17.7 Å². The largest absolute Gasteiger partial charge is 0.456 e. The highest BCUT2D eigenvalue weighted by molar-refractivity contribution is 7.15. The number of aromatic amines is 1. The lowest BCUT2D eigenvalue weighted by Gasteiger charge is -2.32. The van der Waals surface area contributed by atoms with E-state index >= 15 is 0 Å². The summed E-state index contributed by atoms with van der Waals surface area (Å²) in [6.45, 7) is 11.4. The summed E-state index contributed by atoms with van der Waals surface area (Å²) in [4.78, 5) is 38.3. The van der Waals surface area contributed by atoms with E-state index < -0.39 is 0 Å². The molecule has 11 nitrogen and oxygen atoms in total. The molecule has 2 aliphatic rings.